The predicted octanol–water partition coefficient (Wildman–Crippen LogP) is 1.54. The molecule has 0 saturated carbocycles. The third-order valence-corrected chi connectivity index (χ3v) is 2.94. The van der Waals surface area contributed by atoms with Crippen molar-refractivity contribution in [1.82, 2.24) is 0 Å². The maximum atomic E-state index is 11.0. The summed E-state index contributed by atoms with van der Waals surface area (Å²) in [6.45, 7) is 1.77. The Balaban J connectivity index is 2.53. The summed E-state index contributed by atoms with van der Waals surface area (Å²) in [5, 5.41) is 18.8. The number of hydrogen-bond acceptors (Lipinski definition) is 2. The fourth-order valence-electron chi connectivity index (χ4n) is 2.17. The Bertz CT molecular complexity index is 373. The number of aliphatic hydroxyl groups excluding tert-OH is 1. The number of hydrogen-bond donors (Lipinski definition) is 2. The minimum Gasteiger partial charge on any atom is -0.481 e. The van der Waals surface area contributed by atoms with Crippen molar-refractivity contribution >= 4 is 5.97 Å². The van der Waals surface area contributed by atoms with Crippen molar-refractivity contribution in [1.29, 1.82) is 0 Å². The Morgan fingerprint density at radius 2 is 1.86 bits per heavy atom. The van der Waals surface area contributed by atoms with Crippen molar-refractivity contribution in [2.24, 2.45) is 5.92 Å². The number of carboxylic acid groups (broad SMARTS) is 1. The Kier molecular flexibility index (Phi) is 2.04. The molecule has 1 aromatic rings. The van der Waals surface area contributed by atoms with Crippen molar-refractivity contribution in [3.63, 3.8) is 0 Å². The first-order valence-corrected chi connectivity index (χ1v) is 4.62. The van der Waals surface area contributed by atoms with Crippen molar-refractivity contribution in [2.75, 3.05) is 0 Å². The quantitative estimate of drug-likeness (QED) is 0.709. The average Bonchev–Trinajstić information content (AvgIpc) is 2.41. The van der Waals surface area contributed by atoms with Crippen LogP contribution >= 0.6 is 0 Å². The van der Waals surface area contributed by atoms with Crippen LogP contribution in [-0.2, 0) is 4.79 Å². The molecule has 3 atom stereocenters. The van der Waals surface area contributed by atoms with E-state index in [0.29, 0.717) is 0 Å². The summed E-state index contributed by atoms with van der Waals surface area (Å²) in [6.07, 6.45) is -0.646. The third-order valence-electron chi connectivity index (χ3n) is 2.94. The molecule has 14 heavy (non-hydrogen) atoms. The molecule has 1 aliphatic carbocycles. The summed E-state index contributed by atoms with van der Waals surface area (Å²) in [6, 6.07) is 7.19. The molecule has 74 valence electrons. The third kappa shape index (κ3) is 1.13. The minimum absolute atomic E-state index is 0.245. The number of aliphatic hydroxyl groups is 1. The molecule has 0 fully saturated rings. The highest BCUT2D eigenvalue weighted by molar-refractivity contribution is 5.78. The molecule has 3 heteroatoms. The molecule has 0 bridgehead atoms. The standard InChI is InChI=1S/C11H12O3/c1-6-9(11(13)14)7-4-2-3-5-8(7)10(6)12/h2-6,9-10,12H,1H3,(H,13,14). The highest BCUT2D eigenvalue weighted by atomic mass is 16.4. The van der Waals surface area contributed by atoms with E-state index in [1.807, 2.05) is 6.07 Å². The van der Waals surface area contributed by atoms with E-state index in [4.69, 9.17) is 5.11 Å². The monoisotopic (exact) mass is 192 g/mol. The zero-order valence-corrected chi connectivity index (χ0v) is 7.84. The van der Waals surface area contributed by atoms with Crippen LogP contribution in [0.25, 0.3) is 0 Å². The number of carbonyl (C=O) groups is 1. The molecule has 0 aliphatic heterocycles. The maximum Gasteiger partial charge on any atom is 0.311 e. The smallest absolute Gasteiger partial charge is 0.311 e. The Morgan fingerprint density at radius 1 is 1.29 bits per heavy atom. The van der Waals surface area contributed by atoms with Crippen LogP contribution in [0.15, 0.2) is 24.3 Å². The topological polar surface area (TPSA) is 57.5 Å². The lowest BCUT2D eigenvalue weighted by atomic mass is 9.94. The molecule has 0 saturated heterocycles. The van der Waals surface area contributed by atoms with Gasteiger partial charge in [0, 0.05) is 5.92 Å². The zero-order chi connectivity index (χ0) is 10.3. The van der Waals surface area contributed by atoms with Crippen LogP contribution in [-0.4, -0.2) is 16.2 Å². The number of carboxylic acids is 1. The Hall–Kier alpha value is -1.35. The van der Waals surface area contributed by atoms with Gasteiger partial charge in [-0.2, -0.15) is 0 Å². The van der Waals surface area contributed by atoms with Gasteiger partial charge in [0.1, 0.15) is 0 Å². The van der Waals surface area contributed by atoms with Gasteiger partial charge in [-0.05, 0) is 11.1 Å². The Labute approximate surface area is 82.0 Å². The second-order valence-electron chi connectivity index (χ2n) is 3.75. The van der Waals surface area contributed by atoms with E-state index < -0.39 is 18.0 Å². The summed E-state index contributed by atoms with van der Waals surface area (Å²) in [5.41, 5.74) is 1.51. The van der Waals surface area contributed by atoms with E-state index in [-0.39, 0.29) is 5.92 Å². The lowest BCUT2D eigenvalue weighted by Gasteiger charge is -2.13. The lowest BCUT2D eigenvalue weighted by Crippen LogP contribution is -2.16. The van der Waals surface area contributed by atoms with Crippen LogP contribution < -0.4 is 0 Å². The van der Waals surface area contributed by atoms with E-state index in [1.165, 1.54) is 0 Å². The van der Waals surface area contributed by atoms with Crippen LogP contribution in [0.4, 0.5) is 0 Å². The van der Waals surface area contributed by atoms with Gasteiger partial charge in [0.25, 0.3) is 0 Å². The molecule has 1 aliphatic rings. The molecule has 2 rings (SSSR count). The molecule has 0 spiro atoms. The number of fused-ring (bicyclic) bond motifs is 1. The lowest BCUT2D eigenvalue weighted by molar-refractivity contribution is -0.140. The van der Waals surface area contributed by atoms with Gasteiger partial charge < -0.3 is 10.2 Å². The second kappa shape index (κ2) is 3.10. The largest absolute Gasteiger partial charge is 0.481 e. The van der Waals surface area contributed by atoms with Crippen LogP contribution in [0.2, 0.25) is 0 Å². The molecular formula is C11H12O3. The van der Waals surface area contributed by atoms with Crippen LogP contribution in [0.5, 0.6) is 0 Å². The number of aliphatic carboxylic acids is 1. The second-order valence-corrected chi connectivity index (χ2v) is 3.75. The van der Waals surface area contributed by atoms with E-state index in [1.54, 1.807) is 25.1 Å². The first-order chi connectivity index (χ1) is 6.63. The zero-order valence-electron chi connectivity index (χ0n) is 7.84. The summed E-state index contributed by atoms with van der Waals surface area (Å²) in [4.78, 5) is 11.0. The van der Waals surface area contributed by atoms with Gasteiger partial charge in [0.2, 0.25) is 0 Å². The SMILES string of the molecule is CC1C(O)c2ccccc2C1C(=O)O. The predicted molar refractivity (Wildman–Crippen MR) is 50.9 cm³/mol. The fourth-order valence-corrected chi connectivity index (χ4v) is 2.17. The van der Waals surface area contributed by atoms with Crippen LogP contribution in [0.1, 0.15) is 30.1 Å². The minimum atomic E-state index is -0.860. The van der Waals surface area contributed by atoms with Crippen molar-refractivity contribution < 1.29 is 15.0 Å². The highest BCUT2D eigenvalue weighted by Gasteiger charge is 2.40. The molecule has 3 nitrogen and oxygen atoms in total. The first-order valence-electron chi connectivity index (χ1n) is 4.62. The molecule has 1 aromatic carbocycles. The normalized spacial score (nSPS) is 30.0. The van der Waals surface area contributed by atoms with Gasteiger partial charge in [0.15, 0.2) is 0 Å². The van der Waals surface area contributed by atoms with Crippen molar-refractivity contribution in [3.05, 3.63) is 35.4 Å². The highest BCUT2D eigenvalue weighted by Crippen LogP contribution is 2.44. The molecule has 0 radical (unpaired) electrons. The van der Waals surface area contributed by atoms with Crippen LogP contribution in [0, 0.1) is 5.92 Å². The molecule has 3 unspecified atom stereocenters. The molecule has 0 amide bonds. The van der Waals surface area contributed by atoms with Gasteiger partial charge in [-0.15, -0.1) is 0 Å². The van der Waals surface area contributed by atoms with Crippen molar-refractivity contribution in [2.45, 2.75) is 18.9 Å². The van der Waals surface area contributed by atoms with Gasteiger partial charge in [0.05, 0.1) is 12.0 Å². The molecule has 2 N–H and O–H groups in total. The average molecular weight is 192 g/mol. The summed E-state index contributed by atoms with van der Waals surface area (Å²) in [5.74, 6) is -1.67. The van der Waals surface area contributed by atoms with Crippen molar-refractivity contribution in [3.8, 4) is 0 Å². The van der Waals surface area contributed by atoms with E-state index >= 15 is 0 Å². The molecule has 0 heterocycles. The fraction of sp³-hybridized carbons (Fsp3) is 0.364. The summed E-state index contributed by atoms with van der Waals surface area (Å²) < 4.78 is 0. The number of benzene rings is 1. The summed E-state index contributed by atoms with van der Waals surface area (Å²) in [7, 11) is 0. The van der Waals surface area contributed by atoms with E-state index in [0.717, 1.165) is 11.1 Å². The van der Waals surface area contributed by atoms with Gasteiger partial charge in [-0.3, -0.25) is 4.79 Å². The van der Waals surface area contributed by atoms with Gasteiger partial charge in [-0.25, -0.2) is 0 Å². The van der Waals surface area contributed by atoms with Gasteiger partial charge >= 0.3 is 5.97 Å². The summed E-state index contributed by atoms with van der Waals surface area (Å²) >= 11 is 0. The first kappa shape index (κ1) is 9.21. The maximum absolute atomic E-state index is 11.0. The van der Waals surface area contributed by atoms with Gasteiger partial charge in [-0.1, -0.05) is 31.2 Å². The Morgan fingerprint density at radius 3 is 2.43 bits per heavy atom. The van der Waals surface area contributed by atoms with E-state index in [2.05, 4.69) is 0 Å². The van der Waals surface area contributed by atoms with E-state index in [9.17, 15) is 9.90 Å². The molecular weight excluding hydrogens is 180 g/mol. The number of rotatable bonds is 1. The van der Waals surface area contributed by atoms with Crippen LogP contribution in [0.3, 0.4) is 0 Å². The molecule has 0 aromatic heterocycles.